The lowest BCUT2D eigenvalue weighted by molar-refractivity contribution is 0.402. The first-order valence-electron chi connectivity index (χ1n) is 7.60. The summed E-state index contributed by atoms with van der Waals surface area (Å²) in [6, 6.07) is 13.0. The largest absolute Gasteiger partial charge is 0.495 e. The van der Waals surface area contributed by atoms with Crippen molar-refractivity contribution >= 4 is 26.5 Å². The molecule has 1 heterocycles. The van der Waals surface area contributed by atoms with E-state index in [1.165, 1.54) is 18.4 Å². The number of hydrogen-bond acceptors (Lipinski definition) is 5. The molecule has 0 aliphatic heterocycles. The van der Waals surface area contributed by atoms with Gasteiger partial charge in [-0.05, 0) is 42.7 Å². The van der Waals surface area contributed by atoms with Crippen LogP contribution in [0.1, 0.15) is 11.1 Å². The van der Waals surface area contributed by atoms with Crippen molar-refractivity contribution in [1.29, 1.82) is 0 Å². The highest BCUT2D eigenvalue weighted by Crippen LogP contribution is 2.32. The molecule has 0 aliphatic carbocycles. The Morgan fingerprint density at radius 1 is 1.08 bits per heavy atom. The van der Waals surface area contributed by atoms with Crippen LogP contribution in [0.4, 0.5) is 5.13 Å². The lowest BCUT2D eigenvalue weighted by Gasteiger charge is -2.12. The maximum Gasteiger partial charge on any atom is 0.267 e. The second kappa shape index (κ2) is 6.85. The Morgan fingerprint density at radius 2 is 1.76 bits per heavy atom. The molecule has 0 saturated heterocycles. The van der Waals surface area contributed by atoms with E-state index in [0.717, 1.165) is 21.6 Å². The van der Waals surface area contributed by atoms with Gasteiger partial charge in [-0.15, -0.1) is 0 Å². The maximum atomic E-state index is 12.8. The third kappa shape index (κ3) is 3.67. The molecule has 5 nitrogen and oxygen atoms in total. The molecule has 1 aromatic heterocycles. The number of nitrogens with zero attached hydrogens (tertiary/aromatic N) is 1. The molecule has 0 radical (unpaired) electrons. The van der Waals surface area contributed by atoms with Crippen LogP contribution in [0.3, 0.4) is 0 Å². The van der Waals surface area contributed by atoms with Crippen LogP contribution in [0.2, 0.25) is 0 Å². The maximum absolute atomic E-state index is 12.8. The van der Waals surface area contributed by atoms with E-state index in [9.17, 15) is 8.42 Å². The lowest BCUT2D eigenvalue weighted by atomic mass is 10.1. The van der Waals surface area contributed by atoms with Crippen molar-refractivity contribution in [1.82, 2.24) is 4.98 Å². The Bertz CT molecular complexity index is 996. The van der Waals surface area contributed by atoms with Gasteiger partial charge in [0.2, 0.25) is 0 Å². The fraction of sp³-hybridized carbons (Fsp3) is 0.167. The molecule has 2 aromatic carbocycles. The first-order valence-corrected chi connectivity index (χ1v) is 9.90. The molecule has 0 aliphatic rings. The standard InChI is InChI=1S/C18H18N2O3S2/c1-12-9-15(23-3)17(10-13(12)2)25(21,22)20-18-19-11-16(24-18)14-7-5-4-6-8-14/h4-11H,1-3H3,(H,19,20). The van der Waals surface area contributed by atoms with E-state index >= 15 is 0 Å². The Kier molecular flexibility index (Phi) is 4.78. The van der Waals surface area contributed by atoms with Crippen molar-refractivity contribution in [2.45, 2.75) is 18.7 Å². The predicted octanol–water partition coefficient (Wildman–Crippen LogP) is 4.24. The second-order valence-corrected chi connectivity index (χ2v) is 8.27. The summed E-state index contributed by atoms with van der Waals surface area (Å²) in [5.74, 6) is 0.315. The van der Waals surface area contributed by atoms with Crippen molar-refractivity contribution in [3.8, 4) is 16.2 Å². The number of nitrogens with one attached hydrogen (secondary N) is 1. The number of anilines is 1. The first-order chi connectivity index (χ1) is 11.9. The van der Waals surface area contributed by atoms with E-state index in [4.69, 9.17) is 4.74 Å². The number of aryl methyl sites for hydroxylation is 2. The number of thiazole rings is 1. The van der Waals surface area contributed by atoms with Gasteiger partial charge in [-0.2, -0.15) is 0 Å². The molecular formula is C18H18N2O3S2. The van der Waals surface area contributed by atoms with Gasteiger partial charge in [0, 0.05) is 6.20 Å². The highest BCUT2D eigenvalue weighted by atomic mass is 32.2. The summed E-state index contributed by atoms with van der Waals surface area (Å²) >= 11 is 1.29. The SMILES string of the molecule is COc1cc(C)c(C)cc1S(=O)(=O)Nc1ncc(-c2ccccc2)s1. The molecule has 130 valence electrons. The Morgan fingerprint density at radius 3 is 2.44 bits per heavy atom. The van der Waals surface area contributed by atoms with Gasteiger partial charge in [0.05, 0.1) is 12.0 Å². The number of hydrogen-bond donors (Lipinski definition) is 1. The quantitative estimate of drug-likeness (QED) is 0.725. The molecule has 7 heteroatoms. The number of benzene rings is 2. The van der Waals surface area contributed by atoms with Crippen molar-refractivity contribution in [2.75, 3.05) is 11.8 Å². The van der Waals surface area contributed by atoms with Crippen molar-refractivity contribution in [3.05, 3.63) is 59.8 Å². The topological polar surface area (TPSA) is 68.3 Å². The monoisotopic (exact) mass is 374 g/mol. The van der Waals surface area contributed by atoms with Crippen molar-refractivity contribution in [2.24, 2.45) is 0 Å². The number of methoxy groups -OCH3 is 1. The van der Waals surface area contributed by atoms with Gasteiger partial charge in [-0.1, -0.05) is 41.7 Å². The normalized spacial score (nSPS) is 11.3. The third-order valence-corrected chi connectivity index (χ3v) is 6.31. The van der Waals surface area contributed by atoms with Crippen LogP contribution in [0.5, 0.6) is 5.75 Å². The van der Waals surface area contributed by atoms with Crippen LogP contribution < -0.4 is 9.46 Å². The summed E-state index contributed by atoms with van der Waals surface area (Å²) in [6.45, 7) is 3.78. The fourth-order valence-electron chi connectivity index (χ4n) is 2.36. The molecule has 0 atom stereocenters. The molecule has 0 saturated carbocycles. The van der Waals surface area contributed by atoms with Crippen LogP contribution in [-0.2, 0) is 10.0 Å². The highest BCUT2D eigenvalue weighted by molar-refractivity contribution is 7.93. The van der Waals surface area contributed by atoms with Crippen molar-refractivity contribution in [3.63, 3.8) is 0 Å². The number of rotatable bonds is 5. The van der Waals surface area contributed by atoms with Crippen LogP contribution in [-0.4, -0.2) is 20.5 Å². The summed E-state index contributed by atoms with van der Waals surface area (Å²) in [5, 5.41) is 0.319. The molecule has 0 spiro atoms. The average molecular weight is 374 g/mol. The van der Waals surface area contributed by atoms with Crippen LogP contribution in [0, 0.1) is 13.8 Å². The van der Waals surface area contributed by atoms with Gasteiger partial charge in [0.1, 0.15) is 10.6 Å². The summed E-state index contributed by atoms with van der Waals surface area (Å²) in [7, 11) is -2.33. The Hall–Kier alpha value is -2.38. The Labute approximate surface area is 151 Å². The van der Waals surface area contributed by atoms with Crippen LogP contribution >= 0.6 is 11.3 Å². The molecule has 0 unspecified atom stereocenters. The molecule has 0 fully saturated rings. The number of ether oxygens (including phenoxy) is 1. The summed E-state index contributed by atoms with van der Waals surface area (Å²) < 4.78 is 33.3. The number of aromatic nitrogens is 1. The second-order valence-electron chi connectivity index (χ2n) is 5.59. The molecule has 0 bridgehead atoms. The molecular weight excluding hydrogens is 356 g/mol. The molecule has 1 N–H and O–H groups in total. The third-order valence-electron chi connectivity index (χ3n) is 3.86. The summed E-state index contributed by atoms with van der Waals surface area (Å²) in [6.07, 6.45) is 1.66. The highest BCUT2D eigenvalue weighted by Gasteiger charge is 2.22. The number of sulfonamides is 1. The zero-order valence-electron chi connectivity index (χ0n) is 14.1. The zero-order chi connectivity index (χ0) is 18.0. The van der Waals surface area contributed by atoms with Gasteiger partial charge in [0.15, 0.2) is 5.13 Å². The fourth-order valence-corrected chi connectivity index (χ4v) is 4.66. The van der Waals surface area contributed by atoms with E-state index in [1.807, 2.05) is 44.2 Å². The van der Waals surface area contributed by atoms with Crippen LogP contribution in [0.25, 0.3) is 10.4 Å². The average Bonchev–Trinajstić information content (AvgIpc) is 3.05. The van der Waals surface area contributed by atoms with E-state index < -0.39 is 10.0 Å². The minimum atomic E-state index is -3.79. The van der Waals surface area contributed by atoms with Crippen molar-refractivity contribution < 1.29 is 13.2 Å². The minimum absolute atomic E-state index is 0.106. The molecule has 3 aromatic rings. The van der Waals surface area contributed by atoms with E-state index in [-0.39, 0.29) is 4.90 Å². The molecule has 25 heavy (non-hydrogen) atoms. The van der Waals surface area contributed by atoms with Gasteiger partial charge in [-0.3, -0.25) is 4.72 Å². The van der Waals surface area contributed by atoms with Gasteiger partial charge in [-0.25, -0.2) is 13.4 Å². The van der Waals surface area contributed by atoms with Gasteiger partial charge >= 0.3 is 0 Å². The Balaban J connectivity index is 1.93. The van der Waals surface area contributed by atoms with E-state index in [0.29, 0.717) is 10.9 Å². The minimum Gasteiger partial charge on any atom is -0.495 e. The smallest absolute Gasteiger partial charge is 0.267 e. The zero-order valence-corrected chi connectivity index (χ0v) is 15.7. The van der Waals surface area contributed by atoms with Crippen LogP contribution in [0.15, 0.2) is 53.6 Å². The predicted molar refractivity (Wildman–Crippen MR) is 101 cm³/mol. The van der Waals surface area contributed by atoms with Gasteiger partial charge in [0.25, 0.3) is 10.0 Å². The van der Waals surface area contributed by atoms with E-state index in [1.54, 1.807) is 18.3 Å². The van der Waals surface area contributed by atoms with E-state index in [2.05, 4.69) is 9.71 Å². The molecule has 3 rings (SSSR count). The lowest BCUT2D eigenvalue weighted by Crippen LogP contribution is -2.14. The summed E-state index contributed by atoms with van der Waals surface area (Å²) in [4.78, 5) is 5.19. The summed E-state index contributed by atoms with van der Waals surface area (Å²) in [5.41, 5.74) is 2.84. The molecule has 0 amide bonds. The first kappa shape index (κ1) is 17.4. The van der Waals surface area contributed by atoms with Gasteiger partial charge < -0.3 is 4.74 Å².